The third kappa shape index (κ3) is 2.43. The second kappa shape index (κ2) is 4.63. The van der Waals surface area contributed by atoms with Crippen molar-refractivity contribution in [2.24, 2.45) is 5.41 Å². The third-order valence-corrected chi connectivity index (χ3v) is 3.83. The van der Waals surface area contributed by atoms with E-state index in [0.29, 0.717) is 6.42 Å². The van der Waals surface area contributed by atoms with Gasteiger partial charge in [-0.05, 0) is 18.6 Å². The molecule has 0 amide bonds. The predicted octanol–water partition coefficient (Wildman–Crippen LogP) is 2.54. The lowest BCUT2D eigenvalue weighted by molar-refractivity contribution is -0.141. The largest absolute Gasteiger partial charge is 0.433 e. The zero-order valence-corrected chi connectivity index (χ0v) is 11.0. The minimum atomic E-state index is -4.56. The maximum absolute atomic E-state index is 12.6. The van der Waals surface area contributed by atoms with Gasteiger partial charge in [0.25, 0.3) is 0 Å². The highest BCUT2D eigenvalue weighted by molar-refractivity contribution is 5.53. The lowest BCUT2D eigenvalue weighted by Crippen LogP contribution is -2.57. The molecule has 1 fully saturated rings. The van der Waals surface area contributed by atoms with Crippen LogP contribution in [0, 0.1) is 16.7 Å². The van der Waals surface area contributed by atoms with Crippen LogP contribution in [0.5, 0.6) is 0 Å². The molecule has 0 radical (unpaired) electrons. The van der Waals surface area contributed by atoms with Gasteiger partial charge < -0.3 is 10.4 Å². The Kier molecular flexibility index (Phi) is 3.38. The van der Waals surface area contributed by atoms with E-state index < -0.39 is 23.4 Å². The quantitative estimate of drug-likeness (QED) is 0.876. The van der Waals surface area contributed by atoms with Crippen LogP contribution in [-0.2, 0) is 6.18 Å². The van der Waals surface area contributed by atoms with E-state index in [2.05, 4.69) is 10.3 Å². The second-order valence-corrected chi connectivity index (χ2v) is 5.47. The standard InChI is InChI=1S/C13H14F3N3O/c1-12(2)9(5-10(12)20)19-11-7(6-17)3-4-8(18-11)13(14,15)16/h3-4,9-10,20H,5H2,1-2H3,(H,18,19). The molecule has 2 N–H and O–H groups in total. The summed E-state index contributed by atoms with van der Waals surface area (Å²) in [7, 11) is 0. The summed E-state index contributed by atoms with van der Waals surface area (Å²) >= 11 is 0. The van der Waals surface area contributed by atoms with E-state index in [-0.39, 0.29) is 17.4 Å². The molecular weight excluding hydrogens is 271 g/mol. The van der Waals surface area contributed by atoms with Crippen molar-refractivity contribution in [2.75, 3.05) is 5.32 Å². The van der Waals surface area contributed by atoms with E-state index in [9.17, 15) is 18.3 Å². The molecule has 0 bridgehead atoms. The fraction of sp³-hybridized carbons (Fsp3) is 0.538. The summed E-state index contributed by atoms with van der Waals surface area (Å²) in [5, 5.41) is 21.4. The topological polar surface area (TPSA) is 68.9 Å². The maximum atomic E-state index is 12.6. The maximum Gasteiger partial charge on any atom is 0.433 e. The van der Waals surface area contributed by atoms with Gasteiger partial charge in [0.05, 0.1) is 11.7 Å². The fourth-order valence-corrected chi connectivity index (χ4v) is 2.13. The number of hydrogen-bond acceptors (Lipinski definition) is 4. The Balaban J connectivity index is 2.29. The molecule has 1 aromatic rings. The lowest BCUT2D eigenvalue weighted by atomic mass is 9.64. The van der Waals surface area contributed by atoms with Gasteiger partial charge >= 0.3 is 6.18 Å². The van der Waals surface area contributed by atoms with Gasteiger partial charge in [-0.1, -0.05) is 13.8 Å². The SMILES string of the molecule is CC1(C)C(O)CC1Nc1nc(C(F)(F)F)ccc1C#N. The van der Waals surface area contributed by atoms with Crippen LogP contribution >= 0.6 is 0 Å². The molecule has 1 aliphatic carbocycles. The van der Waals surface area contributed by atoms with Crippen molar-refractivity contribution in [2.45, 2.75) is 38.6 Å². The van der Waals surface area contributed by atoms with Crippen LogP contribution in [0.3, 0.4) is 0 Å². The first kappa shape index (κ1) is 14.6. The van der Waals surface area contributed by atoms with Crippen molar-refractivity contribution < 1.29 is 18.3 Å². The summed E-state index contributed by atoms with van der Waals surface area (Å²) in [6, 6.07) is 3.47. The highest BCUT2D eigenvalue weighted by atomic mass is 19.4. The van der Waals surface area contributed by atoms with Crippen LogP contribution in [0.25, 0.3) is 0 Å². The molecular formula is C13H14F3N3O. The molecule has 108 valence electrons. The molecule has 2 atom stereocenters. The van der Waals surface area contributed by atoms with Gasteiger partial charge in [-0.25, -0.2) is 4.98 Å². The van der Waals surface area contributed by atoms with Crippen molar-refractivity contribution in [1.29, 1.82) is 5.26 Å². The number of alkyl halides is 3. The first-order valence-electron chi connectivity index (χ1n) is 6.09. The van der Waals surface area contributed by atoms with Gasteiger partial charge in [-0.15, -0.1) is 0 Å². The Morgan fingerprint density at radius 1 is 1.45 bits per heavy atom. The molecule has 1 aromatic heterocycles. The first-order chi connectivity index (χ1) is 9.16. The highest BCUT2D eigenvalue weighted by Gasteiger charge is 2.47. The number of rotatable bonds is 2. The summed E-state index contributed by atoms with van der Waals surface area (Å²) in [5.41, 5.74) is -1.46. The number of anilines is 1. The molecule has 0 spiro atoms. The van der Waals surface area contributed by atoms with Crippen LogP contribution in [-0.4, -0.2) is 22.2 Å². The smallest absolute Gasteiger partial charge is 0.392 e. The molecule has 4 nitrogen and oxygen atoms in total. The number of aliphatic hydroxyl groups is 1. The Labute approximate surface area is 114 Å². The third-order valence-electron chi connectivity index (χ3n) is 3.83. The van der Waals surface area contributed by atoms with Crippen molar-refractivity contribution in [3.63, 3.8) is 0 Å². The van der Waals surface area contributed by atoms with Crippen molar-refractivity contribution >= 4 is 5.82 Å². The molecule has 1 heterocycles. The van der Waals surface area contributed by atoms with Crippen LogP contribution in [0.4, 0.5) is 19.0 Å². The van der Waals surface area contributed by atoms with Gasteiger partial charge in [0.2, 0.25) is 0 Å². The molecule has 0 saturated heterocycles. The molecule has 7 heteroatoms. The van der Waals surface area contributed by atoms with Gasteiger partial charge in [0, 0.05) is 11.5 Å². The monoisotopic (exact) mass is 285 g/mol. The summed E-state index contributed by atoms with van der Waals surface area (Å²) in [6.45, 7) is 3.61. The molecule has 2 unspecified atom stereocenters. The molecule has 0 aliphatic heterocycles. The van der Waals surface area contributed by atoms with E-state index in [1.165, 1.54) is 0 Å². The fourth-order valence-electron chi connectivity index (χ4n) is 2.13. The Morgan fingerprint density at radius 3 is 2.55 bits per heavy atom. The van der Waals surface area contributed by atoms with Crippen LogP contribution < -0.4 is 5.32 Å². The first-order valence-corrected chi connectivity index (χ1v) is 6.09. The molecule has 2 rings (SSSR count). The summed E-state index contributed by atoms with van der Waals surface area (Å²) in [6.07, 6.45) is -4.66. The van der Waals surface area contributed by atoms with E-state index in [1.54, 1.807) is 13.8 Å². The average Bonchev–Trinajstić information content (AvgIpc) is 2.37. The molecule has 1 saturated carbocycles. The number of halogens is 3. The van der Waals surface area contributed by atoms with Crippen molar-refractivity contribution in [1.82, 2.24) is 4.98 Å². The minimum Gasteiger partial charge on any atom is -0.392 e. The lowest BCUT2D eigenvalue weighted by Gasteiger charge is -2.49. The predicted molar refractivity (Wildman–Crippen MR) is 65.8 cm³/mol. The van der Waals surface area contributed by atoms with E-state index in [4.69, 9.17) is 5.26 Å². The van der Waals surface area contributed by atoms with Crippen LogP contribution in [0.2, 0.25) is 0 Å². The summed E-state index contributed by atoms with van der Waals surface area (Å²) < 4.78 is 37.9. The number of nitrogens with zero attached hydrogens (tertiary/aromatic N) is 2. The normalized spacial score (nSPS) is 24.6. The Hall–Kier alpha value is -1.81. The second-order valence-electron chi connectivity index (χ2n) is 5.47. The number of pyridine rings is 1. The summed E-state index contributed by atoms with van der Waals surface area (Å²) in [4.78, 5) is 3.49. The number of nitriles is 1. The zero-order chi connectivity index (χ0) is 15.1. The number of aliphatic hydroxyl groups excluding tert-OH is 1. The van der Waals surface area contributed by atoms with Crippen LogP contribution in [0.1, 0.15) is 31.5 Å². The molecule has 0 aromatic carbocycles. The van der Waals surface area contributed by atoms with E-state index in [1.807, 2.05) is 6.07 Å². The number of nitrogens with one attached hydrogen (secondary N) is 1. The Morgan fingerprint density at radius 2 is 2.10 bits per heavy atom. The number of aromatic nitrogens is 1. The van der Waals surface area contributed by atoms with Gasteiger partial charge in [0.15, 0.2) is 0 Å². The Bertz CT molecular complexity index is 563. The molecule has 20 heavy (non-hydrogen) atoms. The highest BCUT2D eigenvalue weighted by Crippen LogP contribution is 2.42. The molecule has 1 aliphatic rings. The van der Waals surface area contributed by atoms with E-state index in [0.717, 1.165) is 12.1 Å². The van der Waals surface area contributed by atoms with Gasteiger partial charge in [0.1, 0.15) is 17.6 Å². The van der Waals surface area contributed by atoms with Gasteiger partial charge in [-0.3, -0.25) is 0 Å². The minimum absolute atomic E-state index is 0.0511. The van der Waals surface area contributed by atoms with Crippen molar-refractivity contribution in [3.8, 4) is 6.07 Å². The zero-order valence-electron chi connectivity index (χ0n) is 11.0. The van der Waals surface area contributed by atoms with E-state index >= 15 is 0 Å². The van der Waals surface area contributed by atoms with Crippen LogP contribution in [0.15, 0.2) is 12.1 Å². The average molecular weight is 285 g/mol. The summed E-state index contributed by atoms with van der Waals surface area (Å²) in [5.74, 6) is -0.0905. The van der Waals surface area contributed by atoms with Gasteiger partial charge in [-0.2, -0.15) is 18.4 Å². The van der Waals surface area contributed by atoms with Crippen molar-refractivity contribution in [3.05, 3.63) is 23.4 Å². The number of hydrogen-bond donors (Lipinski definition) is 2.